The van der Waals surface area contributed by atoms with Crippen molar-refractivity contribution in [2.75, 3.05) is 0 Å². The van der Waals surface area contributed by atoms with Crippen molar-refractivity contribution in [2.24, 2.45) is 0 Å². The van der Waals surface area contributed by atoms with Gasteiger partial charge in [0.05, 0.1) is 0 Å². The van der Waals surface area contributed by atoms with E-state index in [1.807, 2.05) is 0 Å². The van der Waals surface area contributed by atoms with Gasteiger partial charge in [-0.25, -0.2) is 13.9 Å². The molecule has 0 radical (unpaired) electrons. The minimum atomic E-state index is -5.13. The molecule has 0 saturated carbocycles. The van der Waals surface area contributed by atoms with E-state index in [-0.39, 0.29) is 75.5 Å². The molecule has 14 heavy (non-hydrogen) atoms. The van der Waals surface area contributed by atoms with Crippen LogP contribution in [0.4, 0.5) is 4.79 Å². The topological polar surface area (TPSA) is 151 Å². The zero-order valence-electron chi connectivity index (χ0n) is 5.22. The molecule has 0 aromatic rings. The molecule has 0 amide bonds. The van der Waals surface area contributed by atoms with Crippen LogP contribution in [0.2, 0.25) is 0 Å². The first-order valence-corrected chi connectivity index (χ1v) is 5.20. The Balaban J connectivity index is -0.000000605. The number of carbonyl (C=O) groups is 1. The molecule has 0 saturated heterocycles. The van der Waals surface area contributed by atoms with Gasteiger partial charge in [-0.1, -0.05) is 0 Å². The molecule has 0 atom stereocenters. The van der Waals surface area contributed by atoms with Gasteiger partial charge in [0.15, 0.2) is 0 Å². The quantitative estimate of drug-likeness (QED) is 0.320. The van der Waals surface area contributed by atoms with Gasteiger partial charge in [0.25, 0.3) is 0 Å². The second-order valence-corrected chi connectivity index (χ2v) is 3.74. The molecule has 0 rings (SSSR count). The predicted molar refractivity (Wildman–Crippen MR) is 48.7 cm³/mol. The second-order valence-electron chi connectivity index (χ2n) is 1.41. The molecule has 0 aliphatic rings. The van der Waals surface area contributed by atoms with E-state index in [4.69, 9.17) is 19.6 Å². The van der Waals surface area contributed by atoms with E-state index < -0.39 is 21.8 Å². The first-order chi connectivity index (χ1) is 5.10. The number of hydrogen-bond acceptors (Lipinski definition) is 5. The normalized spacial score (nSPS) is 10.6. The maximum atomic E-state index is 10.0. The number of rotatable bonds is 2. The Morgan fingerprint density at radius 3 is 1.21 bits per heavy atom. The molecular weight excluding hydrogens is 298 g/mol. The Bertz CT molecular complexity index is 236. The summed E-state index contributed by atoms with van der Waals surface area (Å²) >= 11 is 0. The summed E-state index contributed by atoms with van der Waals surface area (Å²) in [6, 6.07) is 0. The third-order valence-electron chi connectivity index (χ3n) is 0.387. The molecule has 80 valence electrons. The predicted octanol–water partition coefficient (Wildman–Crippen LogP) is -2.51. The van der Waals surface area contributed by atoms with Gasteiger partial charge in [-0.15, -0.1) is 0 Å². The molecule has 13 heteroatoms. The molecule has 0 aromatic carbocycles. The Morgan fingerprint density at radius 1 is 0.857 bits per heavy atom. The van der Waals surface area contributed by atoms with E-state index >= 15 is 0 Å². The Kier molecular flexibility index (Phi) is 12.6. The number of phosphoric ester groups is 2. The third kappa shape index (κ3) is 16.5. The Labute approximate surface area is 138 Å². The van der Waals surface area contributed by atoms with E-state index in [1.54, 1.807) is 0 Å². The summed E-state index contributed by atoms with van der Waals surface area (Å²) in [4.78, 5) is 41.7. The molecule has 0 heterocycles. The summed E-state index contributed by atoms with van der Waals surface area (Å²) in [6.07, 6.45) is -2.14. The van der Waals surface area contributed by atoms with Crippen molar-refractivity contribution in [2.45, 2.75) is 0 Å². The standard InChI is InChI=1S/CH4O9P2.2Ca.4H/c2-1(9-11(3,4)5)10-12(6,7)8;;;;;;/h(H2,3,4,5)(H2,6,7,8);;;;;;. The van der Waals surface area contributed by atoms with E-state index in [9.17, 15) is 13.9 Å². The van der Waals surface area contributed by atoms with Gasteiger partial charge in [0.2, 0.25) is 0 Å². The fourth-order valence-corrected chi connectivity index (χ4v) is 0.733. The average Bonchev–Trinajstić information content (AvgIpc) is 1.49. The number of phosphoric acid groups is 2. The van der Waals surface area contributed by atoms with Gasteiger partial charge in [0.1, 0.15) is 0 Å². The fraction of sp³-hybridized carbons (Fsp3) is 0. The zero-order valence-corrected chi connectivity index (χ0v) is 7.01. The van der Waals surface area contributed by atoms with Gasteiger partial charge < -0.3 is 9.05 Å². The van der Waals surface area contributed by atoms with E-state index in [1.165, 1.54) is 0 Å². The molecule has 0 unspecified atom stereocenters. The number of carbonyl (C=O) groups excluding carboxylic acids is 1. The molecular formula is CH8Ca2O9P2. The summed E-state index contributed by atoms with van der Waals surface area (Å²) in [5.41, 5.74) is 0. The number of hydrogen-bond donors (Lipinski definition) is 4. The van der Waals surface area contributed by atoms with E-state index in [0.29, 0.717) is 0 Å². The van der Waals surface area contributed by atoms with Crippen LogP contribution < -0.4 is 0 Å². The van der Waals surface area contributed by atoms with Crippen molar-refractivity contribution in [3.05, 3.63) is 0 Å². The molecule has 0 aliphatic heterocycles. The first kappa shape index (κ1) is 21.4. The molecule has 4 N–H and O–H groups in total. The summed E-state index contributed by atoms with van der Waals surface area (Å²) < 4.78 is 25.9. The molecule has 0 spiro atoms. The first-order valence-electron chi connectivity index (χ1n) is 2.14. The van der Waals surface area contributed by atoms with Crippen molar-refractivity contribution in [3.8, 4) is 0 Å². The van der Waals surface area contributed by atoms with Crippen molar-refractivity contribution < 1.29 is 42.5 Å². The van der Waals surface area contributed by atoms with Crippen LogP contribution in [-0.4, -0.2) is 101 Å². The van der Waals surface area contributed by atoms with Gasteiger partial charge >= 0.3 is 97.3 Å². The molecule has 0 aliphatic carbocycles. The fourth-order valence-electron chi connectivity index (χ4n) is 0.211. The van der Waals surface area contributed by atoms with Gasteiger partial charge in [0, 0.05) is 0 Å². The van der Waals surface area contributed by atoms with Crippen LogP contribution in [0.1, 0.15) is 0 Å². The molecule has 0 aromatic heterocycles. The Morgan fingerprint density at radius 2 is 1.07 bits per heavy atom. The third-order valence-corrected chi connectivity index (χ3v) is 1.16. The van der Waals surface area contributed by atoms with Crippen LogP contribution in [0.15, 0.2) is 0 Å². The summed E-state index contributed by atoms with van der Waals surface area (Å²) in [6.45, 7) is 0. The monoisotopic (exact) mass is 306 g/mol. The molecule has 0 bridgehead atoms. The van der Waals surface area contributed by atoms with E-state index in [0.717, 1.165) is 0 Å². The zero-order chi connectivity index (χ0) is 9.99. The molecule has 0 fully saturated rings. The van der Waals surface area contributed by atoms with Crippen molar-refractivity contribution in [1.29, 1.82) is 0 Å². The van der Waals surface area contributed by atoms with Crippen molar-refractivity contribution in [3.63, 3.8) is 0 Å². The molecule has 9 nitrogen and oxygen atoms in total. The van der Waals surface area contributed by atoms with Gasteiger partial charge in [-0.2, -0.15) is 0 Å². The van der Waals surface area contributed by atoms with Gasteiger partial charge in [-0.3, -0.25) is 19.6 Å². The van der Waals surface area contributed by atoms with Crippen LogP contribution in [0, 0.1) is 0 Å². The summed E-state index contributed by atoms with van der Waals surface area (Å²) in [7, 11) is -10.3. The average molecular weight is 306 g/mol. The SMILES string of the molecule is O=C(OP(=O)(O)O)OP(=O)(O)O.[CaH2].[CaH2]. The van der Waals surface area contributed by atoms with Crippen LogP contribution in [0.3, 0.4) is 0 Å². The summed E-state index contributed by atoms with van der Waals surface area (Å²) in [5.74, 6) is 0. The van der Waals surface area contributed by atoms with Gasteiger partial charge in [-0.05, 0) is 0 Å². The van der Waals surface area contributed by atoms with Crippen molar-refractivity contribution >= 4 is 97.3 Å². The summed E-state index contributed by atoms with van der Waals surface area (Å²) in [5, 5.41) is 0. The van der Waals surface area contributed by atoms with Crippen molar-refractivity contribution in [1.82, 2.24) is 0 Å². The van der Waals surface area contributed by atoms with Crippen LogP contribution in [0.25, 0.3) is 0 Å². The second kappa shape index (κ2) is 8.22. The van der Waals surface area contributed by atoms with Crippen LogP contribution >= 0.6 is 15.6 Å². The maximum absolute atomic E-state index is 10.0. The minimum absolute atomic E-state index is 0. The van der Waals surface area contributed by atoms with Crippen LogP contribution in [0.5, 0.6) is 0 Å². The van der Waals surface area contributed by atoms with Crippen LogP contribution in [-0.2, 0) is 18.2 Å². The Hall–Kier alpha value is 2.09. The van der Waals surface area contributed by atoms with E-state index in [2.05, 4.69) is 9.05 Å².